The van der Waals surface area contributed by atoms with Gasteiger partial charge in [-0.1, -0.05) is 55.3 Å². The van der Waals surface area contributed by atoms with E-state index in [4.69, 9.17) is 0 Å². The van der Waals surface area contributed by atoms with Crippen LogP contribution in [0.1, 0.15) is 46.8 Å². The molecule has 124 valence electrons. The Morgan fingerprint density at radius 1 is 1.17 bits per heavy atom. The standard InChI is InChI=1S/C20H21NO3/c1-3-4-14-6-8-15(9-7-14)18(22)12-20(24)16-11-13(2)5-10-17(16)21-19(20)23/h5-11,24H,3-4,12H2,1-2H3,(H,21,23)/t20-/m1/s1. The van der Waals surface area contributed by atoms with E-state index in [9.17, 15) is 14.7 Å². The summed E-state index contributed by atoms with van der Waals surface area (Å²) >= 11 is 0. The second-order valence-electron chi connectivity index (χ2n) is 6.41. The summed E-state index contributed by atoms with van der Waals surface area (Å²) < 4.78 is 0. The maximum atomic E-state index is 12.6. The SMILES string of the molecule is CCCc1ccc(C(=O)C[C@]2(O)C(=O)Nc3ccc(C)cc32)cc1. The summed E-state index contributed by atoms with van der Waals surface area (Å²) in [4.78, 5) is 24.8. The van der Waals surface area contributed by atoms with Crippen molar-refractivity contribution in [2.45, 2.75) is 38.7 Å². The third-order valence-corrected chi connectivity index (χ3v) is 4.48. The van der Waals surface area contributed by atoms with Crippen LogP contribution in [-0.4, -0.2) is 16.8 Å². The van der Waals surface area contributed by atoms with Crippen molar-refractivity contribution in [3.05, 3.63) is 64.7 Å². The topological polar surface area (TPSA) is 66.4 Å². The molecule has 24 heavy (non-hydrogen) atoms. The third kappa shape index (κ3) is 2.85. The lowest BCUT2D eigenvalue weighted by molar-refractivity contribution is -0.133. The first kappa shape index (κ1) is 16.4. The highest BCUT2D eigenvalue weighted by atomic mass is 16.3. The van der Waals surface area contributed by atoms with Crippen LogP contribution in [0.25, 0.3) is 0 Å². The van der Waals surface area contributed by atoms with Crippen molar-refractivity contribution >= 4 is 17.4 Å². The first-order valence-corrected chi connectivity index (χ1v) is 8.21. The fraction of sp³-hybridized carbons (Fsp3) is 0.300. The zero-order valence-electron chi connectivity index (χ0n) is 13.9. The average Bonchev–Trinajstić information content (AvgIpc) is 2.79. The van der Waals surface area contributed by atoms with Crippen LogP contribution in [0, 0.1) is 6.92 Å². The molecule has 4 heteroatoms. The highest BCUT2D eigenvalue weighted by Gasteiger charge is 2.46. The lowest BCUT2D eigenvalue weighted by Crippen LogP contribution is -2.36. The Bertz CT molecular complexity index is 795. The normalized spacial score (nSPS) is 19.0. The smallest absolute Gasteiger partial charge is 0.261 e. The van der Waals surface area contributed by atoms with E-state index in [0.29, 0.717) is 16.8 Å². The number of fused-ring (bicyclic) bond motifs is 1. The molecule has 2 N–H and O–H groups in total. The number of carbonyl (C=O) groups is 2. The molecule has 0 unspecified atom stereocenters. The van der Waals surface area contributed by atoms with Crippen molar-refractivity contribution in [1.29, 1.82) is 0 Å². The van der Waals surface area contributed by atoms with Gasteiger partial charge in [0.15, 0.2) is 11.4 Å². The van der Waals surface area contributed by atoms with Gasteiger partial charge in [-0.05, 0) is 25.0 Å². The van der Waals surface area contributed by atoms with E-state index in [-0.39, 0.29) is 12.2 Å². The molecule has 0 radical (unpaired) electrons. The molecule has 1 aliphatic heterocycles. The Balaban J connectivity index is 1.86. The fourth-order valence-corrected chi connectivity index (χ4v) is 3.11. The van der Waals surface area contributed by atoms with Crippen molar-refractivity contribution in [3.8, 4) is 0 Å². The van der Waals surface area contributed by atoms with Crippen LogP contribution in [0.4, 0.5) is 5.69 Å². The van der Waals surface area contributed by atoms with Crippen molar-refractivity contribution in [1.82, 2.24) is 0 Å². The molecule has 0 aliphatic carbocycles. The van der Waals surface area contributed by atoms with Crippen LogP contribution in [0.5, 0.6) is 0 Å². The van der Waals surface area contributed by atoms with E-state index in [1.165, 1.54) is 5.56 Å². The van der Waals surface area contributed by atoms with Crippen LogP contribution in [0.2, 0.25) is 0 Å². The molecule has 2 aromatic carbocycles. The lowest BCUT2D eigenvalue weighted by Gasteiger charge is -2.20. The van der Waals surface area contributed by atoms with E-state index in [1.807, 2.05) is 25.1 Å². The minimum Gasteiger partial charge on any atom is -0.375 e. The summed E-state index contributed by atoms with van der Waals surface area (Å²) in [5.74, 6) is -0.788. The second-order valence-corrected chi connectivity index (χ2v) is 6.41. The van der Waals surface area contributed by atoms with Crippen molar-refractivity contribution in [3.63, 3.8) is 0 Å². The van der Waals surface area contributed by atoms with E-state index in [1.54, 1.807) is 24.3 Å². The second kappa shape index (κ2) is 6.21. The molecular weight excluding hydrogens is 302 g/mol. The van der Waals surface area contributed by atoms with Crippen LogP contribution in [-0.2, 0) is 16.8 Å². The number of benzene rings is 2. The Labute approximate surface area is 141 Å². The molecule has 4 nitrogen and oxygen atoms in total. The van der Waals surface area contributed by atoms with Gasteiger partial charge in [0, 0.05) is 16.8 Å². The minimum absolute atomic E-state index is 0.245. The van der Waals surface area contributed by atoms with Gasteiger partial charge in [0.1, 0.15) is 0 Å². The Hall–Kier alpha value is -2.46. The number of hydrogen-bond donors (Lipinski definition) is 2. The van der Waals surface area contributed by atoms with Gasteiger partial charge in [0.05, 0.1) is 6.42 Å². The maximum Gasteiger partial charge on any atom is 0.261 e. The molecule has 0 fully saturated rings. The molecular formula is C20H21NO3. The molecule has 0 bridgehead atoms. The van der Waals surface area contributed by atoms with Gasteiger partial charge >= 0.3 is 0 Å². The monoisotopic (exact) mass is 323 g/mol. The number of amides is 1. The van der Waals surface area contributed by atoms with Crippen molar-refractivity contribution in [2.75, 3.05) is 5.32 Å². The minimum atomic E-state index is -1.81. The Morgan fingerprint density at radius 2 is 1.88 bits per heavy atom. The molecule has 1 atom stereocenters. The highest BCUT2D eigenvalue weighted by molar-refractivity contribution is 6.09. The molecule has 1 amide bonds. The quantitative estimate of drug-likeness (QED) is 0.829. The van der Waals surface area contributed by atoms with Gasteiger partial charge in [-0.25, -0.2) is 0 Å². The zero-order valence-corrected chi connectivity index (χ0v) is 13.9. The van der Waals surface area contributed by atoms with Gasteiger partial charge in [-0.2, -0.15) is 0 Å². The number of rotatable bonds is 5. The molecule has 0 aromatic heterocycles. The summed E-state index contributed by atoms with van der Waals surface area (Å²) in [6.45, 7) is 3.99. The maximum absolute atomic E-state index is 12.6. The summed E-state index contributed by atoms with van der Waals surface area (Å²) in [6.07, 6.45) is 1.75. The zero-order chi connectivity index (χ0) is 17.3. The van der Waals surface area contributed by atoms with Crippen LogP contribution in [0.3, 0.4) is 0 Å². The Kier molecular flexibility index (Phi) is 4.24. The van der Waals surface area contributed by atoms with E-state index < -0.39 is 11.5 Å². The summed E-state index contributed by atoms with van der Waals surface area (Å²) in [7, 11) is 0. The van der Waals surface area contributed by atoms with Crippen molar-refractivity contribution in [2.24, 2.45) is 0 Å². The van der Waals surface area contributed by atoms with E-state index in [0.717, 1.165) is 18.4 Å². The highest BCUT2D eigenvalue weighted by Crippen LogP contribution is 2.39. The average molecular weight is 323 g/mol. The largest absolute Gasteiger partial charge is 0.375 e. The van der Waals surface area contributed by atoms with Gasteiger partial charge in [0.25, 0.3) is 5.91 Å². The predicted molar refractivity (Wildman–Crippen MR) is 93.1 cm³/mol. The molecule has 0 saturated carbocycles. The predicted octanol–water partition coefficient (Wildman–Crippen LogP) is 3.36. The number of hydrogen-bond acceptors (Lipinski definition) is 3. The number of ketones is 1. The van der Waals surface area contributed by atoms with E-state index >= 15 is 0 Å². The van der Waals surface area contributed by atoms with Crippen LogP contribution < -0.4 is 5.32 Å². The summed E-state index contributed by atoms with van der Waals surface area (Å²) in [5.41, 5.74) is 1.85. The number of aliphatic hydroxyl groups is 1. The number of Topliss-reactive ketones (excluding diaryl/α,β-unsaturated/α-hetero) is 1. The fourth-order valence-electron chi connectivity index (χ4n) is 3.11. The third-order valence-electron chi connectivity index (χ3n) is 4.48. The number of aryl methyl sites for hydroxylation is 2. The van der Waals surface area contributed by atoms with Crippen LogP contribution >= 0.6 is 0 Å². The first-order valence-electron chi connectivity index (χ1n) is 8.21. The molecule has 0 spiro atoms. The van der Waals surface area contributed by atoms with Gasteiger partial charge in [-0.15, -0.1) is 0 Å². The van der Waals surface area contributed by atoms with Gasteiger partial charge in [-0.3, -0.25) is 9.59 Å². The lowest BCUT2D eigenvalue weighted by atomic mass is 9.87. The molecule has 1 aliphatic rings. The summed E-state index contributed by atoms with van der Waals surface area (Å²) in [5, 5.41) is 13.5. The molecule has 0 saturated heterocycles. The van der Waals surface area contributed by atoms with Crippen molar-refractivity contribution < 1.29 is 14.7 Å². The molecule has 3 rings (SSSR count). The van der Waals surface area contributed by atoms with E-state index in [2.05, 4.69) is 12.2 Å². The number of anilines is 1. The molecule has 1 heterocycles. The van der Waals surface area contributed by atoms with Gasteiger partial charge < -0.3 is 10.4 Å². The Morgan fingerprint density at radius 3 is 2.54 bits per heavy atom. The number of nitrogens with one attached hydrogen (secondary N) is 1. The van der Waals surface area contributed by atoms with Crippen LogP contribution in [0.15, 0.2) is 42.5 Å². The molecule has 2 aromatic rings. The first-order chi connectivity index (χ1) is 11.4. The number of carbonyl (C=O) groups excluding carboxylic acids is 2. The summed E-state index contributed by atoms with van der Waals surface area (Å²) in [6, 6.07) is 12.7. The van der Waals surface area contributed by atoms with Gasteiger partial charge in [0.2, 0.25) is 0 Å².